The molecule has 0 saturated carbocycles. The Bertz CT molecular complexity index is 498. The number of morpholine rings is 1. The van der Waals surface area contributed by atoms with E-state index in [0.29, 0.717) is 58.8 Å². The van der Waals surface area contributed by atoms with Crippen molar-refractivity contribution < 1.29 is 19.1 Å². The summed E-state index contributed by atoms with van der Waals surface area (Å²) in [4.78, 5) is 27.8. The maximum absolute atomic E-state index is 12.5. The average molecular weight is 321 g/mol. The molecule has 0 radical (unpaired) electrons. The number of nitrogens with zero attached hydrogens (tertiary/aromatic N) is 3. The summed E-state index contributed by atoms with van der Waals surface area (Å²) in [6, 6.07) is 2.00. The van der Waals surface area contributed by atoms with Gasteiger partial charge in [-0.3, -0.25) is 9.59 Å². The first-order valence-electron chi connectivity index (χ1n) is 8.05. The molecule has 0 spiro atoms. The number of amides is 1. The number of hydrogen-bond acceptors (Lipinski definition) is 6. The van der Waals surface area contributed by atoms with Crippen molar-refractivity contribution in [1.82, 2.24) is 9.80 Å². The predicted octanol–water partition coefficient (Wildman–Crippen LogP) is 0.528. The molecule has 126 valence electrons. The van der Waals surface area contributed by atoms with E-state index in [0.717, 1.165) is 0 Å². The quantitative estimate of drug-likeness (QED) is 0.427. The molecule has 0 aromatic rings. The SMILES string of the molecule is CCOC(=O)C1CCN(C(=O)/C(C#N)=C\N2CCOCC2)CC1. The Labute approximate surface area is 136 Å². The minimum atomic E-state index is -0.263. The summed E-state index contributed by atoms with van der Waals surface area (Å²) in [5.41, 5.74) is 0.140. The van der Waals surface area contributed by atoms with Crippen LogP contribution in [0.3, 0.4) is 0 Å². The molecule has 0 N–H and O–H groups in total. The van der Waals surface area contributed by atoms with E-state index in [9.17, 15) is 14.9 Å². The first kappa shape index (κ1) is 17.3. The molecule has 7 heteroatoms. The largest absolute Gasteiger partial charge is 0.466 e. The van der Waals surface area contributed by atoms with Crippen LogP contribution in [0, 0.1) is 17.2 Å². The van der Waals surface area contributed by atoms with Crippen molar-refractivity contribution in [2.45, 2.75) is 19.8 Å². The first-order chi connectivity index (χ1) is 11.2. The second-order valence-electron chi connectivity index (χ2n) is 5.62. The summed E-state index contributed by atoms with van der Waals surface area (Å²) in [7, 11) is 0. The summed E-state index contributed by atoms with van der Waals surface area (Å²) in [6.07, 6.45) is 2.80. The highest BCUT2D eigenvalue weighted by molar-refractivity contribution is 5.97. The standard InChI is InChI=1S/C16H23N3O4/c1-2-23-16(21)13-3-5-19(6-4-13)15(20)14(11-17)12-18-7-9-22-10-8-18/h12-13H,2-10H2,1H3/b14-12-. The lowest BCUT2D eigenvalue weighted by molar-refractivity contribution is -0.150. The molecular formula is C16H23N3O4. The Hall–Kier alpha value is -2.07. The van der Waals surface area contributed by atoms with Crippen molar-refractivity contribution in [3.8, 4) is 6.07 Å². The van der Waals surface area contributed by atoms with E-state index >= 15 is 0 Å². The van der Waals surface area contributed by atoms with Crippen LogP contribution in [-0.2, 0) is 19.1 Å². The van der Waals surface area contributed by atoms with E-state index in [4.69, 9.17) is 9.47 Å². The van der Waals surface area contributed by atoms with Gasteiger partial charge in [-0.1, -0.05) is 0 Å². The van der Waals surface area contributed by atoms with E-state index < -0.39 is 0 Å². The molecular weight excluding hydrogens is 298 g/mol. The third-order valence-electron chi connectivity index (χ3n) is 4.11. The minimum Gasteiger partial charge on any atom is -0.466 e. The molecule has 0 aromatic heterocycles. The lowest BCUT2D eigenvalue weighted by Crippen LogP contribution is -2.41. The maximum Gasteiger partial charge on any atom is 0.309 e. The zero-order valence-electron chi connectivity index (χ0n) is 13.5. The van der Waals surface area contributed by atoms with Crippen LogP contribution >= 0.6 is 0 Å². The van der Waals surface area contributed by atoms with E-state index in [1.54, 1.807) is 18.0 Å². The lowest BCUT2D eigenvalue weighted by atomic mass is 9.96. The van der Waals surface area contributed by atoms with Gasteiger partial charge < -0.3 is 19.3 Å². The first-order valence-corrected chi connectivity index (χ1v) is 8.05. The van der Waals surface area contributed by atoms with Gasteiger partial charge in [0.15, 0.2) is 0 Å². The van der Waals surface area contributed by atoms with Crippen LogP contribution in [0.2, 0.25) is 0 Å². The molecule has 2 aliphatic rings. The highest BCUT2D eigenvalue weighted by Gasteiger charge is 2.29. The fourth-order valence-corrected chi connectivity index (χ4v) is 2.77. The topological polar surface area (TPSA) is 82.9 Å². The molecule has 0 aliphatic carbocycles. The summed E-state index contributed by atoms with van der Waals surface area (Å²) in [5, 5.41) is 9.27. The van der Waals surface area contributed by atoms with Crippen LogP contribution in [0.1, 0.15) is 19.8 Å². The van der Waals surface area contributed by atoms with Crippen molar-refractivity contribution in [2.24, 2.45) is 5.92 Å². The zero-order chi connectivity index (χ0) is 16.7. The number of piperidine rings is 1. The fraction of sp³-hybridized carbons (Fsp3) is 0.688. The van der Waals surface area contributed by atoms with Gasteiger partial charge in [0.1, 0.15) is 11.6 Å². The number of carbonyl (C=O) groups excluding carboxylic acids is 2. The van der Waals surface area contributed by atoms with Crippen LogP contribution in [0.4, 0.5) is 0 Å². The number of esters is 1. The molecule has 0 aromatic carbocycles. The highest BCUT2D eigenvalue weighted by Crippen LogP contribution is 2.20. The van der Waals surface area contributed by atoms with Gasteiger partial charge in [-0.15, -0.1) is 0 Å². The van der Waals surface area contributed by atoms with Crippen LogP contribution in [0.15, 0.2) is 11.8 Å². The predicted molar refractivity (Wildman–Crippen MR) is 82.0 cm³/mol. The molecule has 23 heavy (non-hydrogen) atoms. The number of ether oxygens (including phenoxy) is 2. The number of nitriles is 1. The van der Waals surface area contributed by atoms with Crippen LogP contribution < -0.4 is 0 Å². The molecule has 2 heterocycles. The summed E-state index contributed by atoms with van der Waals surface area (Å²) >= 11 is 0. The highest BCUT2D eigenvalue weighted by atomic mass is 16.5. The molecule has 7 nitrogen and oxygen atoms in total. The Morgan fingerprint density at radius 2 is 1.91 bits per heavy atom. The third kappa shape index (κ3) is 4.70. The molecule has 0 atom stereocenters. The second kappa shape index (κ2) is 8.53. The second-order valence-corrected chi connectivity index (χ2v) is 5.62. The zero-order valence-corrected chi connectivity index (χ0v) is 13.5. The maximum atomic E-state index is 12.5. The molecule has 0 unspecified atom stereocenters. The number of rotatable bonds is 4. The minimum absolute atomic E-state index is 0.140. The Balaban J connectivity index is 1.91. The van der Waals surface area contributed by atoms with Gasteiger partial charge in [0.25, 0.3) is 5.91 Å². The van der Waals surface area contributed by atoms with Gasteiger partial charge in [-0.25, -0.2) is 0 Å². The van der Waals surface area contributed by atoms with Crippen LogP contribution in [0.25, 0.3) is 0 Å². The van der Waals surface area contributed by atoms with E-state index in [2.05, 4.69) is 0 Å². The molecule has 1 amide bonds. The van der Waals surface area contributed by atoms with Crippen molar-refractivity contribution in [1.29, 1.82) is 5.26 Å². The summed E-state index contributed by atoms with van der Waals surface area (Å²) in [6.45, 7) is 5.69. The Morgan fingerprint density at radius 1 is 1.26 bits per heavy atom. The third-order valence-corrected chi connectivity index (χ3v) is 4.11. The van der Waals surface area contributed by atoms with Gasteiger partial charge in [0.05, 0.1) is 25.7 Å². The molecule has 2 saturated heterocycles. The van der Waals surface area contributed by atoms with Crippen molar-refractivity contribution >= 4 is 11.9 Å². The lowest BCUT2D eigenvalue weighted by Gasteiger charge is -2.31. The molecule has 2 rings (SSSR count). The van der Waals surface area contributed by atoms with Gasteiger partial charge >= 0.3 is 5.97 Å². The van der Waals surface area contributed by atoms with Crippen molar-refractivity contribution in [3.05, 3.63) is 11.8 Å². The molecule has 2 fully saturated rings. The number of likely N-dealkylation sites (tertiary alicyclic amines) is 1. The molecule has 0 bridgehead atoms. The van der Waals surface area contributed by atoms with Crippen LogP contribution in [0.5, 0.6) is 0 Å². The van der Waals surface area contributed by atoms with Crippen molar-refractivity contribution in [2.75, 3.05) is 46.0 Å². The monoisotopic (exact) mass is 321 g/mol. The van der Waals surface area contributed by atoms with Gasteiger partial charge in [-0.05, 0) is 19.8 Å². The van der Waals surface area contributed by atoms with Crippen molar-refractivity contribution in [3.63, 3.8) is 0 Å². The van der Waals surface area contributed by atoms with Gasteiger partial charge in [0, 0.05) is 32.4 Å². The number of carbonyl (C=O) groups is 2. The average Bonchev–Trinajstić information content (AvgIpc) is 2.60. The molecule has 2 aliphatic heterocycles. The Kier molecular flexibility index (Phi) is 6.41. The van der Waals surface area contributed by atoms with Crippen LogP contribution in [-0.4, -0.2) is 67.7 Å². The van der Waals surface area contributed by atoms with E-state index in [-0.39, 0.29) is 23.4 Å². The van der Waals surface area contributed by atoms with Gasteiger partial charge in [-0.2, -0.15) is 5.26 Å². The normalized spacial score (nSPS) is 20.1. The van der Waals surface area contributed by atoms with E-state index in [1.165, 1.54) is 0 Å². The number of hydrogen-bond donors (Lipinski definition) is 0. The fourth-order valence-electron chi connectivity index (χ4n) is 2.77. The summed E-state index contributed by atoms with van der Waals surface area (Å²) in [5.74, 6) is -0.599. The van der Waals surface area contributed by atoms with E-state index in [1.807, 2.05) is 11.0 Å². The Morgan fingerprint density at radius 3 is 2.48 bits per heavy atom. The summed E-state index contributed by atoms with van der Waals surface area (Å²) < 4.78 is 10.3. The smallest absolute Gasteiger partial charge is 0.309 e. The van der Waals surface area contributed by atoms with Gasteiger partial charge in [0.2, 0.25) is 0 Å².